The van der Waals surface area contributed by atoms with Crippen molar-refractivity contribution < 1.29 is 9.59 Å². The van der Waals surface area contributed by atoms with Gasteiger partial charge in [0.05, 0.1) is 23.1 Å². The van der Waals surface area contributed by atoms with Gasteiger partial charge in [0, 0.05) is 46.6 Å². The third-order valence-electron chi connectivity index (χ3n) is 9.22. The fraction of sp³-hybridized carbons (Fsp3) is 0.382. The molecular formula is C34H38N8O2. The van der Waals surface area contributed by atoms with Crippen LogP contribution in [0.4, 0.5) is 5.82 Å². The Bertz CT molecular complexity index is 1730. The number of nitrogen functional groups attached to an aromatic ring is 1. The van der Waals surface area contributed by atoms with Crippen molar-refractivity contribution in [2.24, 2.45) is 10.2 Å². The monoisotopic (exact) mass is 590 g/mol. The number of anilines is 1. The van der Waals surface area contributed by atoms with Gasteiger partial charge in [-0.05, 0) is 51.5 Å². The van der Waals surface area contributed by atoms with Crippen molar-refractivity contribution in [3.63, 3.8) is 0 Å². The van der Waals surface area contributed by atoms with E-state index in [9.17, 15) is 9.59 Å². The first-order chi connectivity index (χ1) is 21.4. The van der Waals surface area contributed by atoms with Gasteiger partial charge in [0.2, 0.25) is 0 Å². The molecule has 5 heterocycles. The highest BCUT2D eigenvalue weighted by Gasteiger charge is 2.51. The van der Waals surface area contributed by atoms with Crippen LogP contribution < -0.4 is 5.73 Å². The second kappa shape index (κ2) is 12.1. The van der Waals surface area contributed by atoms with Crippen LogP contribution in [-0.4, -0.2) is 60.7 Å². The van der Waals surface area contributed by atoms with Crippen LogP contribution in [0, 0.1) is 0 Å². The molecule has 2 fully saturated rings. The molecule has 2 atom stereocenters. The summed E-state index contributed by atoms with van der Waals surface area (Å²) in [7, 11) is 0. The molecule has 0 saturated carbocycles. The number of rotatable bonds is 9. The Morgan fingerprint density at radius 2 is 1.77 bits per heavy atom. The number of hydrogen-bond donors (Lipinski definition) is 1. The normalized spacial score (nSPS) is 21.6. The van der Waals surface area contributed by atoms with E-state index in [4.69, 9.17) is 15.7 Å². The molecule has 2 saturated heterocycles. The molecule has 1 amide bonds. The lowest BCUT2D eigenvalue weighted by molar-refractivity contribution is -0.129. The van der Waals surface area contributed by atoms with Gasteiger partial charge in [0.15, 0.2) is 11.4 Å². The number of piperidine rings is 1. The number of pyridine rings is 1. The Balaban J connectivity index is 1.38. The van der Waals surface area contributed by atoms with Crippen LogP contribution in [0.3, 0.4) is 0 Å². The molecule has 1 aromatic carbocycles. The number of carbonyl (C=O) groups is 2. The summed E-state index contributed by atoms with van der Waals surface area (Å²) >= 11 is 0. The molecule has 10 nitrogen and oxygen atoms in total. The summed E-state index contributed by atoms with van der Waals surface area (Å²) in [5.41, 5.74) is 11.6. The topological polar surface area (TPSA) is 131 Å². The molecule has 3 aromatic heterocycles. The molecule has 2 N–H and O–H groups in total. The van der Waals surface area contributed by atoms with Crippen LogP contribution >= 0.6 is 0 Å². The fourth-order valence-corrected chi connectivity index (χ4v) is 7.02. The van der Waals surface area contributed by atoms with Crippen LogP contribution in [0.15, 0.2) is 65.1 Å². The van der Waals surface area contributed by atoms with Crippen LogP contribution in [-0.2, 0) is 10.2 Å². The lowest BCUT2D eigenvalue weighted by Crippen LogP contribution is -2.52. The second-order valence-corrected chi connectivity index (χ2v) is 11.9. The number of unbranched alkanes of at least 4 members (excludes halogenated alkanes) is 1. The number of ketones is 1. The lowest BCUT2D eigenvalue weighted by Gasteiger charge is -2.46. The van der Waals surface area contributed by atoms with Gasteiger partial charge in [-0.1, -0.05) is 56.7 Å². The Hall–Kier alpha value is -4.73. The van der Waals surface area contributed by atoms with Gasteiger partial charge in [-0.2, -0.15) is 19.8 Å². The van der Waals surface area contributed by atoms with Gasteiger partial charge in [-0.15, -0.1) is 0 Å². The molecule has 0 spiro atoms. The van der Waals surface area contributed by atoms with E-state index in [2.05, 4.69) is 29.1 Å². The molecule has 4 aromatic rings. The number of benzene rings is 1. The van der Waals surface area contributed by atoms with E-state index >= 15 is 0 Å². The lowest BCUT2D eigenvalue weighted by atomic mass is 9.69. The highest BCUT2D eigenvalue weighted by atomic mass is 16.2. The van der Waals surface area contributed by atoms with Crippen molar-refractivity contribution in [1.29, 1.82) is 0 Å². The standard InChI is InChI=1S/C34H38N8O2/c1-4-6-16-37-38-21-29(44)41-25-13-14-26(41)18-34(5-2,17-25)31-30(22(3)43)32(35)42-33(40-31)27(20-39-42)24-12-15-28(36-19-24)23-10-8-7-9-11-23/h7-12,15-16,19-21,25-26H,4-6,13-14,17-18,35H2,1-3H3. The predicted octanol–water partition coefficient (Wildman–Crippen LogP) is 5.90. The van der Waals surface area contributed by atoms with E-state index in [0.29, 0.717) is 29.7 Å². The minimum Gasteiger partial charge on any atom is -0.383 e. The van der Waals surface area contributed by atoms with E-state index in [-0.39, 0.29) is 29.6 Å². The summed E-state index contributed by atoms with van der Waals surface area (Å²) in [6.45, 7) is 5.74. The van der Waals surface area contributed by atoms with Crippen molar-refractivity contribution in [2.75, 3.05) is 5.73 Å². The summed E-state index contributed by atoms with van der Waals surface area (Å²) in [6.07, 6.45) is 12.4. The maximum absolute atomic E-state index is 13.2. The summed E-state index contributed by atoms with van der Waals surface area (Å²) in [5, 5.41) is 12.5. The molecule has 0 aliphatic carbocycles. The van der Waals surface area contributed by atoms with Gasteiger partial charge in [-0.3, -0.25) is 14.6 Å². The van der Waals surface area contributed by atoms with E-state index in [1.807, 2.05) is 53.6 Å². The molecule has 2 aliphatic rings. The molecule has 226 valence electrons. The SMILES string of the molecule is CCCC=NN=CC(=O)N1C2CCC1CC(CC)(c1nc3c(-c4ccc(-c5ccccc5)nc4)cnn3c(N)c1C(C)=O)C2. The molecule has 6 rings (SSSR count). The van der Waals surface area contributed by atoms with Crippen molar-refractivity contribution in [3.8, 4) is 22.4 Å². The number of hydrogen-bond acceptors (Lipinski definition) is 8. The van der Waals surface area contributed by atoms with Crippen LogP contribution in [0.5, 0.6) is 0 Å². The van der Waals surface area contributed by atoms with Crippen molar-refractivity contribution >= 4 is 35.6 Å². The van der Waals surface area contributed by atoms with E-state index in [1.54, 1.807) is 16.9 Å². The first-order valence-corrected chi connectivity index (χ1v) is 15.4. The van der Waals surface area contributed by atoms with E-state index < -0.39 is 5.41 Å². The summed E-state index contributed by atoms with van der Waals surface area (Å²) in [6, 6.07) is 14.0. The molecule has 2 aliphatic heterocycles. The molecule has 44 heavy (non-hydrogen) atoms. The zero-order chi connectivity index (χ0) is 30.8. The molecule has 2 unspecified atom stereocenters. The van der Waals surface area contributed by atoms with Crippen molar-refractivity contribution in [1.82, 2.24) is 24.5 Å². The van der Waals surface area contributed by atoms with Crippen LogP contribution in [0.25, 0.3) is 28.0 Å². The van der Waals surface area contributed by atoms with Gasteiger partial charge >= 0.3 is 0 Å². The molecule has 0 radical (unpaired) electrons. The van der Waals surface area contributed by atoms with Crippen molar-refractivity contribution in [3.05, 3.63) is 66.1 Å². The maximum Gasteiger partial charge on any atom is 0.267 e. The van der Waals surface area contributed by atoms with Gasteiger partial charge in [0.1, 0.15) is 12.0 Å². The largest absolute Gasteiger partial charge is 0.383 e. The smallest absolute Gasteiger partial charge is 0.267 e. The highest BCUT2D eigenvalue weighted by molar-refractivity contribution is 6.26. The number of Topliss-reactive ketones (excluding diaryl/α,β-unsaturated/α-hetero) is 1. The van der Waals surface area contributed by atoms with Crippen LogP contribution in [0.2, 0.25) is 0 Å². The zero-order valence-electron chi connectivity index (χ0n) is 25.5. The average Bonchev–Trinajstić information content (AvgIpc) is 3.59. The number of nitrogens with zero attached hydrogens (tertiary/aromatic N) is 7. The fourth-order valence-electron chi connectivity index (χ4n) is 7.02. The zero-order valence-corrected chi connectivity index (χ0v) is 25.5. The van der Waals surface area contributed by atoms with Gasteiger partial charge in [0.25, 0.3) is 5.91 Å². The number of carbonyl (C=O) groups excluding carboxylic acids is 2. The van der Waals surface area contributed by atoms with Crippen molar-refractivity contribution in [2.45, 2.75) is 83.2 Å². The molecule has 2 bridgehead atoms. The number of nitrogens with two attached hydrogens (primary N) is 1. The number of fused-ring (bicyclic) bond motifs is 3. The minimum absolute atomic E-state index is 0.0189. The first-order valence-electron chi connectivity index (χ1n) is 15.4. The number of aromatic nitrogens is 4. The highest BCUT2D eigenvalue weighted by Crippen LogP contribution is 2.50. The van der Waals surface area contributed by atoms with Gasteiger partial charge in [-0.25, -0.2) is 4.98 Å². The Kier molecular flexibility index (Phi) is 8.07. The summed E-state index contributed by atoms with van der Waals surface area (Å²) in [4.78, 5) is 38.2. The van der Waals surface area contributed by atoms with Gasteiger partial charge < -0.3 is 10.6 Å². The van der Waals surface area contributed by atoms with E-state index in [0.717, 1.165) is 54.5 Å². The third-order valence-corrected chi connectivity index (χ3v) is 9.22. The third kappa shape index (κ3) is 5.18. The molecule has 10 heteroatoms. The molecular weight excluding hydrogens is 552 g/mol. The Morgan fingerprint density at radius 1 is 1.02 bits per heavy atom. The van der Waals surface area contributed by atoms with Crippen LogP contribution in [0.1, 0.15) is 81.8 Å². The van der Waals surface area contributed by atoms with E-state index in [1.165, 1.54) is 13.1 Å². The minimum atomic E-state index is -0.424. The summed E-state index contributed by atoms with van der Waals surface area (Å²) < 4.78 is 1.56. The average molecular weight is 591 g/mol. The Morgan fingerprint density at radius 3 is 2.41 bits per heavy atom. The first kappa shape index (κ1) is 29.3. The second-order valence-electron chi connectivity index (χ2n) is 11.9. The predicted molar refractivity (Wildman–Crippen MR) is 173 cm³/mol. The number of amides is 1. The Labute approximate surface area is 257 Å². The quantitative estimate of drug-likeness (QED) is 0.147. The maximum atomic E-state index is 13.2. The summed E-state index contributed by atoms with van der Waals surface area (Å²) in [5.74, 6) is 0.0250.